The quantitative estimate of drug-likeness (QED) is 0.558. The highest BCUT2D eigenvalue weighted by Crippen LogP contribution is 2.26. The molecule has 0 atom stereocenters. The third-order valence-corrected chi connectivity index (χ3v) is 5.28. The lowest BCUT2D eigenvalue weighted by molar-refractivity contribution is -0.148. The van der Waals surface area contributed by atoms with Crippen LogP contribution in [0.5, 0.6) is 0 Å². The van der Waals surface area contributed by atoms with Crippen molar-refractivity contribution in [3.8, 4) is 0 Å². The smallest absolute Gasteiger partial charge is 0.332 e. The third kappa shape index (κ3) is 3.30. The molecule has 3 aromatic rings. The maximum absolute atomic E-state index is 12.6. The van der Waals surface area contributed by atoms with Crippen LogP contribution in [0.15, 0.2) is 40.2 Å². The Balaban J connectivity index is 1.47. The molecule has 0 aliphatic carbocycles. The van der Waals surface area contributed by atoms with Gasteiger partial charge in [-0.3, -0.25) is 23.5 Å². The molecule has 1 aromatic carbocycles. The van der Waals surface area contributed by atoms with Gasteiger partial charge in [-0.1, -0.05) is 18.2 Å². The van der Waals surface area contributed by atoms with Gasteiger partial charge in [-0.05, 0) is 24.5 Å². The van der Waals surface area contributed by atoms with Crippen molar-refractivity contribution in [1.29, 1.82) is 0 Å². The molecule has 1 aliphatic rings. The first-order valence-corrected chi connectivity index (χ1v) is 9.53. The van der Waals surface area contributed by atoms with Crippen molar-refractivity contribution in [3.05, 3.63) is 57.0 Å². The molecule has 0 spiro atoms. The number of imidazole rings is 1. The van der Waals surface area contributed by atoms with Crippen LogP contribution in [0.1, 0.15) is 12.0 Å². The number of amides is 1. The number of carbonyl (C=O) groups excluding carboxylic acids is 2. The zero-order chi connectivity index (χ0) is 21.4. The van der Waals surface area contributed by atoms with E-state index in [2.05, 4.69) is 4.98 Å². The zero-order valence-corrected chi connectivity index (χ0v) is 16.7. The molecule has 30 heavy (non-hydrogen) atoms. The Kier molecular flexibility index (Phi) is 4.98. The molecule has 10 heteroatoms. The summed E-state index contributed by atoms with van der Waals surface area (Å²) < 4.78 is 8.66. The summed E-state index contributed by atoms with van der Waals surface area (Å²) in [5, 5.41) is 0. The molecule has 2 aromatic heterocycles. The summed E-state index contributed by atoms with van der Waals surface area (Å²) in [4.78, 5) is 55.0. The maximum Gasteiger partial charge on any atom is 0.332 e. The fourth-order valence-electron chi connectivity index (χ4n) is 3.71. The Morgan fingerprint density at radius 2 is 1.90 bits per heavy atom. The van der Waals surface area contributed by atoms with Crippen LogP contribution in [0.3, 0.4) is 0 Å². The minimum Gasteiger partial charge on any atom is -0.454 e. The fraction of sp³-hybridized carbons (Fsp3) is 0.350. The van der Waals surface area contributed by atoms with Gasteiger partial charge in [0, 0.05) is 26.3 Å². The SMILES string of the molecule is Cn1c(=O)c2c(ncn2CC(=O)OCC(=O)N2CCCc3ccccc32)n(C)c1=O. The van der Waals surface area contributed by atoms with Crippen molar-refractivity contribution >= 4 is 28.7 Å². The van der Waals surface area contributed by atoms with Crippen molar-refractivity contribution in [2.45, 2.75) is 19.4 Å². The highest BCUT2D eigenvalue weighted by atomic mass is 16.5. The number of aryl methyl sites for hydroxylation is 2. The van der Waals surface area contributed by atoms with Gasteiger partial charge in [0.2, 0.25) is 0 Å². The number of aromatic nitrogens is 4. The summed E-state index contributed by atoms with van der Waals surface area (Å²) in [6, 6.07) is 7.67. The highest BCUT2D eigenvalue weighted by molar-refractivity contribution is 5.96. The molecule has 0 saturated carbocycles. The van der Waals surface area contributed by atoms with Gasteiger partial charge >= 0.3 is 11.7 Å². The predicted molar refractivity (Wildman–Crippen MR) is 108 cm³/mol. The molecule has 10 nitrogen and oxygen atoms in total. The first kappa shape index (κ1) is 19.6. The number of rotatable bonds is 4. The van der Waals surface area contributed by atoms with Crippen molar-refractivity contribution in [2.24, 2.45) is 14.1 Å². The summed E-state index contributed by atoms with van der Waals surface area (Å²) in [6.07, 6.45) is 3.06. The summed E-state index contributed by atoms with van der Waals surface area (Å²) in [5.41, 5.74) is 1.17. The zero-order valence-electron chi connectivity index (χ0n) is 16.7. The first-order valence-electron chi connectivity index (χ1n) is 9.53. The Bertz CT molecular complexity index is 1270. The lowest BCUT2D eigenvalue weighted by Gasteiger charge is -2.29. The molecule has 1 aliphatic heterocycles. The third-order valence-electron chi connectivity index (χ3n) is 5.28. The number of para-hydroxylation sites is 1. The first-order chi connectivity index (χ1) is 14.4. The number of carbonyl (C=O) groups is 2. The van der Waals surface area contributed by atoms with E-state index in [0.717, 1.165) is 28.7 Å². The molecule has 0 N–H and O–H groups in total. The van der Waals surface area contributed by atoms with Crippen LogP contribution in [0.4, 0.5) is 5.69 Å². The van der Waals surface area contributed by atoms with E-state index in [0.29, 0.717) is 6.54 Å². The number of ether oxygens (including phenoxy) is 1. The van der Waals surface area contributed by atoms with E-state index >= 15 is 0 Å². The van der Waals surface area contributed by atoms with Crippen LogP contribution < -0.4 is 16.1 Å². The molecular formula is C20H21N5O5. The summed E-state index contributed by atoms with van der Waals surface area (Å²) in [5.74, 6) is -0.979. The van der Waals surface area contributed by atoms with E-state index in [9.17, 15) is 19.2 Å². The van der Waals surface area contributed by atoms with Crippen molar-refractivity contribution in [1.82, 2.24) is 18.7 Å². The van der Waals surface area contributed by atoms with Crippen LogP contribution >= 0.6 is 0 Å². The number of benzene rings is 1. The number of fused-ring (bicyclic) bond motifs is 2. The summed E-state index contributed by atoms with van der Waals surface area (Å²) >= 11 is 0. The van der Waals surface area contributed by atoms with Crippen LogP contribution in [-0.4, -0.2) is 43.7 Å². The van der Waals surface area contributed by atoms with Crippen molar-refractivity contribution in [3.63, 3.8) is 0 Å². The van der Waals surface area contributed by atoms with Crippen LogP contribution in [-0.2, 0) is 41.4 Å². The van der Waals surface area contributed by atoms with Crippen LogP contribution in [0.25, 0.3) is 11.2 Å². The Hall–Kier alpha value is -3.69. The van der Waals surface area contributed by atoms with Gasteiger partial charge in [-0.25, -0.2) is 9.78 Å². The maximum atomic E-state index is 12.6. The van der Waals surface area contributed by atoms with Crippen molar-refractivity contribution in [2.75, 3.05) is 18.1 Å². The highest BCUT2D eigenvalue weighted by Gasteiger charge is 2.23. The molecule has 0 bridgehead atoms. The van der Waals surface area contributed by atoms with Gasteiger partial charge in [0.15, 0.2) is 17.8 Å². The predicted octanol–water partition coefficient (Wildman–Crippen LogP) is -0.0437. The lowest BCUT2D eigenvalue weighted by Crippen LogP contribution is -2.39. The van der Waals surface area contributed by atoms with E-state index < -0.39 is 23.8 Å². The van der Waals surface area contributed by atoms with Gasteiger partial charge in [-0.2, -0.15) is 0 Å². The second kappa shape index (κ2) is 7.62. The molecule has 0 radical (unpaired) electrons. The average Bonchev–Trinajstić information content (AvgIpc) is 3.17. The number of esters is 1. The molecule has 0 fully saturated rings. The molecule has 4 rings (SSSR count). The largest absolute Gasteiger partial charge is 0.454 e. The average molecular weight is 411 g/mol. The monoisotopic (exact) mass is 411 g/mol. The van der Waals surface area contributed by atoms with Gasteiger partial charge in [0.1, 0.15) is 6.54 Å². The normalized spacial score (nSPS) is 13.3. The molecular weight excluding hydrogens is 390 g/mol. The van der Waals surface area contributed by atoms with E-state index in [4.69, 9.17) is 4.74 Å². The van der Waals surface area contributed by atoms with Gasteiger partial charge in [-0.15, -0.1) is 0 Å². The van der Waals surface area contributed by atoms with E-state index in [1.807, 2.05) is 24.3 Å². The van der Waals surface area contributed by atoms with Gasteiger partial charge < -0.3 is 14.2 Å². The molecule has 156 valence electrons. The molecule has 0 saturated heterocycles. The van der Waals surface area contributed by atoms with Gasteiger partial charge in [0.05, 0.1) is 6.33 Å². The number of anilines is 1. The minimum atomic E-state index is -0.677. The second-order valence-corrected chi connectivity index (χ2v) is 7.19. The van der Waals surface area contributed by atoms with E-state index in [1.165, 1.54) is 29.6 Å². The topological polar surface area (TPSA) is 108 Å². The molecule has 3 heterocycles. The summed E-state index contributed by atoms with van der Waals surface area (Å²) in [7, 11) is 2.85. The molecule has 1 amide bonds. The fourth-order valence-corrected chi connectivity index (χ4v) is 3.71. The molecule has 0 unspecified atom stereocenters. The van der Waals surface area contributed by atoms with E-state index in [1.54, 1.807) is 4.90 Å². The number of hydrogen-bond donors (Lipinski definition) is 0. The Labute approximate surface area is 170 Å². The Morgan fingerprint density at radius 1 is 1.13 bits per heavy atom. The van der Waals surface area contributed by atoms with Crippen LogP contribution in [0.2, 0.25) is 0 Å². The number of hydrogen-bond acceptors (Lipinski definition) is 6. The van der Waals surface area contributed by atoms with Crippen molar-refractivity contribution < 1.29 is 14.3 Å². The van der Waals surface area contributed by atoms with Crippen LogP contribution in [0, 0.1) is 0 Å². The second-order valence-electron chi connectivity index (χ2n) is 7.19. The standard InChI is InChI=1S/C20H21N5O5/c1-22-18-17(19(28)23(2)20(22)29)24(12-21-18)10-16(27)30-11-15(26)25-9-5-7-13-6-3-4-8-14(13)25/h3-4,6,8,12H,5,7,9-11H2,1-2H3. The Morgan fingerprint density at radius 3 is 2.70 bits per heavy atom. The number of nitrogens with zero attached hydrogens (tertiary/aromatic N) is 5. The van der Waals surface area contributed by atoms with E-state index in [-0.39, 0.29) is 23.6 Å². The minimum absolute atomic E-state index is 0.118. The summed E-state index contributed by atoms with van der Waals surface area (Å²) in [6.45, 7) is -0.117. The lowest BCUT2D eigenvalue weighted by atomic mass is 10.0. The van der Waals surface area contributed by atoms with Gasteiger partial charge in [0.25, 0.3) is 11.5 Å².